The Morgan fingerprint density at radius 1 is 1.31 bits per heavy atom. The molecule has 0 bridgehead atoms. The second kappa shape index (κ2) is 3.73. The third-order valence-electron chi connectivity index (χ3n) is 4.81. The lowest BCUT2D eigenvalue weighted by Gasteiger charge is -2.35. The molecule has 3 nitrogen and oxygen atoms in total. The second-order valence-electron chi connectivity index (χ2n) is 5.86. The molecule has 2 fully saturated rings. The van der Waals surface area contributed by atoms with E-state index in [4.69, 9.17) is 0 Å². The predicted molar refractivity (Wildman–Crippen MR) is 61.0 cm³/mol. The number of aliphatic hydroxyl groups is 1. The van der Waals surface area contributed by atoms with Crippen molar-refractivity contribution in [3.8, 4) is 0 Å². The predicted octanol–water partition coefficient (Wildman–Crippen LogP) is 2.43. The summed E-state index contributed by atoms with van der Waals surface area (Å²) in [6.45, 7) is 3.88. The fourth-order valence-electron chi connectivity index (χ4n) is 3.42. The van der Waals surface area contributed by atoms with Gasteiger partial charge in [0, 0.05) is 0 Å². The first-order valence-corrected chi connectivity index (χ1v) is 6.40. The van der Waals surface area contributed by atoms with Crippen molar-refractivity contribution in [3.63, 3.8) is 0 Å². The van der Waals surface area contributed by atoms with Gasteiger partial charge in [-0.3, -0.25) is 4.79 Å². The number of fused-ring (bicyclic) bond motifs is 1. The van der Waals surface area contributed by atoms with Gasteiger partial charge in [-0.25, -0.2) is 0 Å². The normalized spacial score (nSPS) is 37.2. The van der Waals surface area contributed by atoms with Crippen LogP contribution < -0.4 is 0 Å². The van der Waals surface area contributed by atoms with Crippen molar-refractivity contribution in [2.75, 3.05) is 0 Å². The summed E-state index contributed by atoms with van der Waals surface area (Å²) < 4.78 is 0. The molecule has 0 aromatic rings. The van der Waals surface area contributed by atoms with Gasteiger partial charge in [-0.1, -0.05) is 13.8 Å². The van der Waals surface area contributed by atoms with Gasteiger partial charge in [0.25, 0.3) is 0 Å². The lowest BCUT2D eigenvalue weighted by atomic mass is 9.72. The van der Waals surface area contributed by atoms with E-state index >= 15 is 0 Å². The van der Waals surface area contributed by atoms with Gasteiger partial charge in [0.1, 0.15) is 0 Å². The summed E-state index contributed by atoms with van der Waals surface area (Å²) in [5, 5.41) is 19.8. The van der Waals surface area contributed by atoms with Crippen LogP contribution in [0.15, 0.2) is 0 Å². The zero-order valence-electron chi connectivity index (χ0n) is 10.2. The molecule has 2 aliphatic rings. The van der Waals surface area contributed by atoms with Gasteiger partial charge >= 0.3 is 5.97 Å². The fourth-order valence-corrected chi connectivity index (χ4v) is 3.42. The van der Waals surface area contributed by atoms with Gasteiger partial charge in [0.15, 0.2) is 0 Å². The van der Waals surface area contributed by atoms with Gasteiger partial charge in [0.2, 0.25) is 0 Å². The van der Waals surface area contributed by atoms with Crippen molar-refractivity contribution >= 4 is 5.97 Å². The van der Waals surface area contributed by atoms with Crippen LogP contribution in [-0.4, -0.2) is 21.8 Å². The van der Waals surface area contributed by atoms with Crippen LogP contribution >= 0.6 is 0 Å². The van der Waals surface area contributed by atoms with E-state index < -0.39 is 17.0 Å². The Hall–Kier alpha value is -0.570. The summed E-state index contributed by atoms with van der Waals surface area (Å²) in [4.78, 5) is 11.5. The molecule has 2 aliphatic carbocycles. The molecule has 0 aliphatic heterocycles. The standard InChI is InChI=1S/C13H22O3/c1-3-13(16,4-2)8-12(11(14)15)6-9-5-10(9)7-12/h9-10,16H,3-8H2,1-2H3,(H,14,15). The minimum Gasteiger partial charge on any atom is -0.481 e. The molecule has 0 radical (unpaired) electrons. The Balaban J connectivity index is 2.12. The van der Waals surface area contributed by atoms with Crippen LogP contribution in [0.1, 0.15) is 52.4 Å². The lowest BCUT2D eigenvalue weighted by Crippen LogP contribution is -2.40. The molecule has 92 valence electrons. The molecular weight excluding hydrogens is 204 g/mol. The highest BCUT2D eigenvalue weighted by Crippen LogP contribution is 2.62. The van der Waals surface area contributed by atoms with E-state index in [9.17, 15) is 15.0 Å². The van der Waals surface area contributed by atoms with Crippen molar-refractivity contribution < 1.29 is 15.0 Å². The van der Waals surface area contributed by atoms with Crippen molar-refractivity contribution in [1.29, 1.82) is 0 Å². The van der Waals surface area contributed by atoms with Crippen LogP contribution in [0.25, 0.3) is 0 Å². The summed E-state index contributed by atoms with van der Waals surface area (Å²) in [6, 6.07) is 0. The van der Waals surface area contributed by atoms with E-state index in [2.05, 4.69) is 0 Å². The monoisotopic (exact) mass is 226 g/mol. The Bertz CT molecular complexity index is 284. The number of rotatable bonds is 5. The van der Waals surface area contributed by atoms with Gasteiger partial charge in [0.05, 0.1) is 11.0 Å². The molecule has 0 aromatic heterocycles. The zero-order valence-corrected chi connectivity index (χ0v) is 10.2. The Morgan fingerprint density at radius 2 is 1.81 bits per heavy atom. The van der Waals surface area contributed by atoms with E-state index in [1.54, 1.807) is 0 Å². The topological polar surface area (TPSA) is 57.5 Å². The van der Waals surface area contributed by atoms with Gasteiger partial charge in [-0.15, -0.1) is 0 Å². The minimum atomic E-state index is -0.783. The molecule has 2 saturated carbocycles. The number of carboxylic acids is 1. The summed E-state index contributed by atoms with van der Waals surface area (Å²) in [5.74, 6) is 0.572. The Kier molecular flexibility index (Phi) is 2.77. The molecule has 2 unspecified atom stereocenters. The largest absolute Gasteiger partial charge is 0.481 e. The maximum Gasteiger partial charge on any atom is 0.309 e. The molecule has 2 rings (SSSR count). The first-order chi connectivity index (χ1) is 7.45. The first kappa shape index (κ1) is 11.9. The second-order valence-corrected chi connectivity index (χ2v) is 5.86. The summed E-state index contributed by atoms with van der Waals surface area (Å²) >= 11 is 0. The third-order valence-corrected chi connectivity index (χ3v) is 4.81. The zero-order chi connectivity index (χ0) is 12.0. The highest BCUT2D eigenvalue weighted by Gasteiger charge is 2.59. The third kappa shape index (κ3) is 1.86. The molecular formula is C13H22O3. The van der Waals surface area contributed by atoms with Crippen molar-refractivity contribution in [1.82, 2.24) is 0 Å². The molecule has 2 atom stereocenters. The smallest absolute Gasteiger partial charge is 0.309 e. The Morgan fingerprint density at radius 3 is 2.19 bits per heavy atom. The van der Waals surface area contributed by atoms with Crippen LogP contribution in [0.2, 0.25) is 0 Å². The van der Waals surface area contributed by atoms with E-state index in [-0.39, 0.29) is 0 Å². The highest BCUT2D eigenvalue weighted by molar-refractivity contribution is 5.75. The van der Waals surface area contributed by atoms with Crippen molar-refractivity contribution in [2.24, 2.45) is 17.3 Å². The van der Waals surface area contributed by atoms with Gasteiger partial charge in [-0.05, 0) is 50.4 Å². The molecule has 2 N–H and O–H groups in total. The maximum atomic E-state index is 11.5. The molecule has 0 amide bonds. The van der Waals surface area contributed by atoms with E-state index in [1.165, 1.54) is 6.42 Å². The number of hydrogen-bond acceptors (Lipinski definition) is 2. The lowest BCUT2D eigenvalue weighted by molar-refractivity contribution is -0.154. The van der Waals surface area contributed by atoms with E-state index in [0.29, 0.717) is 31.1 Å². The number of carbonyl (C=O) groups is 1. The molecule has 0 spiro atoms. The SMILES string of the molecule is CCC(O)(CC)CC1(C(=O)O)CC2CC2C1. The molecule has 16 heavy (non-hydrogen) atoms. The number of carboxylic acid groups (broad SMARTS) is 1. The Labute approximate surface area is 96.9 Å². The summed E-state index contributed by atoms with van der Waals surface area (Å²) in [5.41, 5.74) is -1.41. The number of hydrogen-bond donors (Lipinski definition) is 2. The molecule has 0 aromatic carbocycles. The van der Waals surface area contributed by atoms with Crippen LogP contribution in [0.3, 0.4) is 0 Å². The van der Waals surface area contributed by atoms with Gasteiger partial charge in [-0.2, -0.15) is 0 Å². The van der Waals surface area contributed by atoms with Gasteiger partial charge < -0.3 is 10.2 Å². The average Bonchev–Trinajstić information content (AvgIpc) is 2.87. The van der Waals surface area contributed by atoms with Crippen LogP contribution in [0.5, 0.6) is 0 Å². The van der Waals surface area contributed by atoms with Crippen LogP contribution in [-0.2, 0) is 4.79 Å². The molecule has 3 heteroatoms. The number of aliphatic carboxylic acids is 1. The average molecular weight is 226 g/mol. The fraction of sp³-hybridized carbons (Fsp3) is 0.923. The summed E-state index contributed by atoms with van der Waals surface area (Å²) in [6.07, 6.45) is 4.52. The van der Waals surface area contributed by atoms with E-state index in [0.717, 1.165) is 12.8 Å². The van der Waals surface area contributed by atoms with Crippen LogP contribution in [0.4, 0.5) is 0 Å². The highest BCUT2D eigenvalue weighted by atomic mass is 16.4. The summed E-state index contributed by atoms with van der Waals surface area (Å²) in [7, 11) is 0. The first-order valence-electron chi connectivity index (χ1n) is 6.40. The molecule has 0 saturated heterocycles. The van der Waals surface area contributed by atoms with Crippen molar-refractivity contribution in [2.45, 2.75) is 58.0 Å². The van der Waals surface area contributed by atoms with Crippen molar-refractivity contribution in [3.05, 3.63) is 0 Å². The minimum absolute atomic E-state index is 0.440. The van der Waals surface area contributed by atoms with Crippen LogP contribution in [0, 0.1) is 17.3 Å². The van der Waals surface area contributed by atoms with E-state index in [1.807, 2.05) is 13.8 Å². The molecule has 0 heterocycles. The quantitative estimate of drug-likeness (QED) is 0.757. The maximum absolute atomic E-state index is 11.5.